The molecule has 0 saturated carbocycles. The molecule has 0 spiro atoms. The number of pyridine rings is 1. The molecule has 2 N–H and O–H groups in total. The lowest BCUT2D eigenvalue weighted by Gasteiger charge is -2.07. The molecule has 22 heavy (non-hydrogen) atoms. The molecule has 0 bridgehead atoms. The largest absolute Gasteiger partial charge is 0.322 e. The number of hydrogen-bond donors (Lipinski definition) is 2. The lowest BCUT2D eigenvalue weighted by molar-refractivity contribution is 0.102. The van der Waals surface area contributed by atoms with Crippen LogP contribution in [0.15, 0.2) is 42.6 Å². The number of anilines is 1. The fraction of sp³-hybridized carbons (Fsp3) is 0.143. The van der Waals surface area contributed by atoms with Gasteiger partial charge < -0.3 is 5.32 Å². The van der Waals surface area contributed by atoms with Crippen LogP contribution in [-0.4, -0.2) is 25.6 Å². The molecule has 116 valence electrons. The molecular weight excluding hydrogens is 309 g/mol. The second-order valence-electron chi connectivity index (χ2n) is 4.59. The van der Waals surface area contributed by atoms with Crippen LogP contribution in [0.3, 0.4) is 0 Å². The van der Waals surface area contributed by atoms with E-state index in [1.54, 1.807) is 0 Å². The Bertz CT molecular complexity index is 776. The van der Waals surface area contributed by atoms with Crippen molar-refractivity contribution in [1.82, 2.24) is 9.71 Å². The molecule has 0 unspecified atom stereocenters. The predicted octanol–water partition coefficient (Wildman–Crippen LogP) is 1.52. The van der Waals surface area contributed by atoms with Gasteiger partial charge in [0.15, 0.2) is 0 Å². The van der Waals surface area contributed by atoms with E-state index in [2.05, 4.69) is 15.0 Å². The lowest BCUT2D eigenvalue weighted by Crippen LogP contribution is -2.22. The topological polar surface area (TPSA) is 88.2 Å². The highest BCUT2D eigenvalue weighted by Gasteiger charge is 2.09. The number of carbonyl (C=O) groups is 1. The number of hydrogen-bond acceptors (Lipinski definition) is 4. The van der Waals surface area contributed by atoms with Crippen LogP contribution in [0, 0.1) is 5.82 Å². The van der Waals surface area contributed by atoms with E-state index in [0.29, 0.717) is 16.9 Å². The molecule has 1 aromatic carbocycles. The van der Waals surface area contributed by atoms with E-state index < -0.39 is 21.7 Å². The first kappa shape index (κ1) is 16.1. The summed E-state index contributed by atoms with van der Waals surface area (Å²) in [4.78, 5) is 16.1. The summed E-state index contributed by atoms with van der Waals surface area (Å²) in [6, 6.07) is 8.36. The molecule has 0 fully saturated rings. The van der Waals surface area contributed by atoms with E-state index in [0.717, 1.165) is 6.26 Å². The molecule has 0 atom stereocenters. The van der Waals surface area contributed by atoms with Crippen molar-refractivity contribution >= 4 is 21.6 Å². The minimum absolute atomic E-state index is 0.00347. The number of halogens is 1. The number of sulfonamides is 1. The van der Waals surface area contributed by atoms with E-state index in [4.69, 9.17) is 0 Å². The van der Waals surface area contributed by atoms with Gasteiger partial charge in [0.1, 0.15) is 5.82 Å². The number of amides is 1. The van der Waals surface area contributed by atoms with Crippen molar-refractivity contribution < 1.29 is 17.6 Å². The number of rotatable bonds is 5. The summed E-state index contributed by atoms with van der Waals surface area (Å²) < 4.78 is 37.2. The summed E-state index contributed by atoms with van der Waals surface area (Å²) in [6.07, 6.45) is 2.46. The van der Waals surface area contributed by atoms with Gasteiger partial charge in [-0.3, -0.25) is 9.78 Å². The Kier molecular flexibility index (Phi) is 4.84. The van der Waals surface area contributed by atoms with Crippen LogP contribution < -0.4 is 10.0 Å². The van der Waals surface area contributed by atoms with Crippen LogP contribution in [0.25, 0.3) is 0 Å². The molecule has 0 saturated heterocycles. The monoisotopic (exact) mass is 323 g/mol. The molecule has 0 aliphatic carbocycles. The maximum Gasteiger partial charge on any atom is 0.255 e. The van der Waals surface area contributed by atoms with Crippen LogP contribution in [0.5, 0.6) is 0 Å². The number of nitrogens with one attached hydrogen (secondary N) is 2. The lowest BCUT2D eigenvalue weighted by atomic mass is 10.2. The second-order valence-corrected chi connectivity index (χ2v) is 6.42. The van der Waals surface area contributed by atoms with Gasteiger partial charge in [0.25, 0.3) is 5.91 Å². The highest BCUT2D eigenvalue weighted by Crippen LogP contribution is 2.11. The Labute approximate surface area is 127 Å². The van der Waals surface area contributed by atoms with Crippen molar-refractivity contribution in [2.24, 2.45) is 0 Å². The first-order chi connectivity index (χ1) is 10.3. The summed E-state index contributed by atoms with van der Waals surface area (Å²) >= 11 is 0. The van der Waals surface area contributed by atoms with Gasteiger partial charge in [-0.15, -0.1) is 0 Å². The Morgan fingerprint density at radius 2 is 1.91 bits per heavy atom. The molecule has 1 heterocycles. The van der Waals surface area contributed by atoms with Crippen molar-refractivity contribution in [2.45, 2.75) is 6.54 Å². The van der Waals surface area contributed by atoms with Crippen molar-refractivity contribution in [3.63, 3.8) is 0 Å². The highest BCUT2D eigenvalue weighted by molar-refractivity contribution is 7.88. The minimum Gasteiger partial charge on any atom is -0.322 e. The van der Waals surface area contributed by atoms with Gasteiger partial charge in [-0.2, -0.15) is 0 Å². The third-order valence-electron chi connectivity index (χ3n) is 2.70. The summed E-state index contributed by atoms with van der Waals surface area (Å²) in [6.45, 7) is -0.00347. The minimum atomic E-state index is -3.33. The van der Waals surface area contributed by atoms with Crippen molar-refractivity contribution in [3.8, 4) is 0 Å². The first-order valence-electron chi connectivity index (χ1n) is 6.30. The number of nitrogens with zero attached hydrogens (tertiary/aromatic N) is 1. The molecule has 1 amide bonds. The molecular formula is C14H14FN3O3S. The van der Waals surface area contributed by atoms with E-state index in [-0.39, 0.29) is 6.54 Å². The van der Waals surface area contributed by atoms with Crippen LogP contribution in [0.1, 0.15) is 16.1 Å². The van der Waals surface area contributed by atoms with Crippen LogP contribution >= 0.6 is 0 Å². The van der Waals surface area contributed by atoms with Crippen molar-refractivity contribution in [3.05, 3.63) is 59.7 Å². The molecule has 0 aliphatic rings. The van der Waals surface area contributed by atoms with E-state index in [1.165, 1.54) is 42.6 Å². The molecule has 1 aromatic heterocycles. The maximum absolute atomic E-state index is 12.8. The third kappa shape index (κ3) is 4.90. The van der Waals surface area contributed by atoms with E-state index >= 15 is 0 Å². The molecule has 0 radical (unpaired) electrons. The highest BCUT2D eigenvalue weighted by atomic mass is 32.2. The quantitative estimate of drug-likeness (QED) is 0.873. The fourth-order valence-corrected chi connectivity index (χ4v) is 2.07. The molecule has 2 aromatic rings. The number of aromatic nitrogens is 1. The number of carbonyl (C=O) groups excluding carboxylic acids is 1. The van der Waals surface area contributed by atoms with E-state index in [9.17, 15) is 17.6 Å². The van der Waals surface area contributed by atoms with Gasteiger partial charge in [-0.25, -0.2) is 17.5 Å². The predicted molar refractivity (Wildman–Crippen MR) is 80.3 cm³/mol. The normalized spacial score (nSPS) is 11.2. The number of benzene rings is 1. The molecule has 8 heteroatoms. The molecule has 2 rings (SSSR count). The van der Waals surface area contributed by atoms with Crippen molar-refractivity contribution in [2.75, 3.05) is 11.6 Å². The molecule has 6 nitrogen and oxygen atoms in total. The van der Waals surface area contributed by atoms with E-state index in [1.807, 2.05) is 0 Å². The van der Waals surface area contributed by atoms with Crippen LogP contribution in [0.4, 0.5) is 10.1 Å². The maximum atomic E-state index is 12.8. The average molecular weight is 323 g/mol. The first-order valence-corrected chi connectivity index (χ1v) is 8.19. The Balaban J connectivity index is 2.08. The Morgan fingerprint density at radius 1 is 1.23 bits per heavy atom. The van der Waals surface area contributed by atoms with Gasteiger partial charge in [-0.1, -0.05) is 0 Å². The average Bonchev–Trinajstić information content (AvgIpc) is 2.47. The summed E-state index contributed by atoms with van der Waals surface area (Å²) in [5.74, 6) is -0.786. The second kappa shape index (κ2) is 6.63. The van der Waals surface area contributed by atoms with Gasteiger partial charge in [-0.05, 0) is 36.4 Å². The summed E-state index contributed by atoms with van der Waals surface area (Å²) in [7, 11) is -3.33. The van der Waals surface area contributed by atoms with Gasteiger partial charge in [0.2, 0.25) is 10.0 Å². The zero-order chi connectivity index (χ0) is 16.2. The molecule has 0 aliphatic heterocycles. The zero-order valence-corrected chi connectivity index (χ0v) is 12.5. The van der Waals surface area contributed by atoms with Crippen LogP contribution in [0.2, 0.25) is 0 Å². The Morgan fingerprint density at radius 3 is 2.55 bits per heavy atom. The zero-order valence-electron chi connectivity index (χ0n) is 11.7. The smallest absolute Gasteiger partial charge is 0.255 e. The van der Waals surface area contributed by atoms with Gasteiger partial charge in [0.05, 0.1) is 18.5 Å². The fourth-order valence-electron chi connectivity index (χ4n) is 1.66. The standard InChI is InChI=1S/C14H14FN3O3S/c1-22(20,21)17-9-13-8-10(6-7-16-13)14(19)18-12-4-2-11(15)3-5-12/h2-8,17H,9H2,1H3,(H,18,19). The SMILES string of the molecule is CS(=O)(=O)NCc1cc(C(=O)Nc2ccc(F)cc2)ccn1. The summed E-state index contributed by atoms with van der Waals surface area (Å²) in [5.41, 5.74) is 1.20. The van der Waals surface area contributed by atoms with Gasteiger partial charge in [0, 0.05) is 17.4 Å². The third-order valence-corrected chi connectivity index (χ3v) is 3.37. The van der Waals surface area contributed by atoms with Crippen LogP contribution in [-0.2, 0) is 16.6 Å². The summed E-state index contributed by atoms with van der Waals surface area (Å²) in [5, 5.41) is 2.61. The van der Waals surface area contributed by atoms with Gasteiger partial charge >= 0.3 is 0 Å². The van der Waals surface area contributed by atoms with Crippen molar-refractivity contribution in [1.29, 1.82) is 0 Å². The Hall–Kier alpha value is -2.32.